The highest BCUT2D eigenvalue weighted by Crippen LogP contribution is 2.34. The summed E-state index contributed by atoms with van der Waals surface area (Å²) in [6, 6.07) is 13.9. The van der Waals surface area contributed by atoms with Crippen molar-refractivity contribution in [1.82, 2.24) is 9.55 Å². The Labute approximate surface area is 198 Å². The molecule has 178 valence electrons. The molecule has 2 aromatic heterocycles. The molecule has 0 aliphatic heterocycles. The summed E-state index contributed by atoms with van der Waals surface area (Å²) in [5, 5.41) is 3.19. The van der Waals surface area contributed by atoms with E-state index in [1.54, 1.807) is 36.4 Å². The van der Waals surface area contributed by atoms with E-state index < -0.39 is 17.8 Å². The molecule has 1 aliphatic carbocycles. The molecule has 0 atom stereocenters. The number of halogens is 3. The molecule has 0 radical (unpaired) electrons. The number of pyridine rings is 1. The number of fused-ring (bicyclic) bond motifs is 1. The molecule has 0 spiro atoms. The number of carbonyl (C=O) groups is 2. The van der Waals surface area contributed by atoms with Gasteiger partial charge in [0.25, 0.3) is 0 Å². The van der Waals surface area contributed by atoms with Crippen LogP contribution in [0.15, 0.2) is 73.1 Å². The molecule has 5 rings (SSSR count). The van der Waals surface area contributed by atoms with Gasteiger partial charge in [0.15, 0.2) is 5.78 Å². The molecule has 0 unspecified atom stereocenters. The first kappa shape index (κ1) is 22.6. The molecule has 1 aliphatic rings. The van der Waals surface area contributed by atoms with Crippen molar-refractivity contribution in [3.63, 3.8) is 0 Å². The number of nitrogens with zero attached hydrogens (tertiary/aromatic N) is 2. The van der Waals surface area contributed by atoms with Gasteiger partial charge in [-0.2, -0.15) is 13.2 Å². The lowest BCUT2D eigenvalue weighted by Gasteiger charge is -2.11. The summed E-state index contributed by atoms with van der Waals surface area (Å²) in [5.74, 6) is 1.43. The minimum absolute atomic E-state index is 0.00254. The number of hydrogen-bond donors (Lipinski definition) is 1. The average Bonchev–Trinajstić information content (AvgIpc) is 3.54. The predicted octanol–water partition coefficient (Wildman–Crippen LogP) is 6.91. The van der Waals surface area contributed by atoms with Crippen LogP contribution in [-0.2, 0) is 6.18 Å². The van der Waals surface area contributed by atoms with Gasteiger partial charge in [-0.05, 0) is 67.3 Å². The van der Waals surface area contributed by atoms with Gasteiger partial charge in [-0.3, -0.25) is 14.3 Å². The number of aromatic nitrogens is 2. The van der Waals surface area contributed by atoms with Gasteiger partial charge in [0.05, 0.1) is 11.1 Å². The lowest BCUT2D eigenvalue weighted by atomic mass is 10.1. The van der Waals surface area contributed by atoms with E-state index in [1.807, 2.05) is 0 Å². The Morgan fingerprint density at radius 3 is 2.60 bits per heavy atom. The summed E-state index contributed by atoms with van der Waals surface area (Å²) < 4.78 is 46.0. The van der Waals surface area contributed by atoms with E-state index in [1.165, 1.54) is 29.1 Å². The van der Waals surface area contributed by atoms with Crippen LogP contribution < -0.4 is 10.1 Å². The maximum atomic E-state index is 12.9. The molecular formula is C26H20F3N3O3. The lowest BCUT2D eigenvalue weighted by Crippen LogP contribution is -2.18. The Morgan fingerprint density at radius 2 is 1.83 bits per heavy atom. The van der Waals surface area contributed by atoms with Crippen molar-refractivity contribution in [2.75, 3.05) is 5.32 Å². The standard InChI is InChI=1S/C26H20F3N3O3/c27-26(28,29)18-2-1-3-19(14-18)31-25(34)32-11-9-17-13-20(6-7-23(17)32)35-21-8-10-30-22(15-21)24(33)12-16-4-5-16/h1-3,6-11,13-16H,4-5,12H2,(H,31,34). The van der Waals surface area contributed by atoms with Gasteiger partial charge in [0.1, 0.15) is 17.2 Å². The summed E-state index contributed by atoms with van der Waals surface area (Å²) in [6.45, 7) is 0. The van der Waals surface area contributed by atoms with Gasteiger partial charge in [0.2, 0.25) is 0 Å². The maximum Gasteiger partial charge on any atom is 0.416 e. The smallest absolute Gasteiger partial charge is 0.416 e. The molecule has 35 heavy (non-hydrogen) atoms. The normalized spacial score (nSPS) is 13.6. The summed E-state index contributed by atoms with van der Waals surface area (Å²) in [7, 11) is 0. The van der Waals surface area contributed by atoms with Crippen LogP contribution in [0.1, 0.15) is 35.3 Å². The van der Waals surface area contributed by atoms with Gasteiger partial charge in [-0.15, -0.1) is 0 Å². The fraction of sp³-hybridized carbons (Fsp3) is 0.192. The van der Waals surface area contributed by atoms with Crippen molar-refractivity contribution in [2.45, 2.75) is 25.4 Å². The Bertz CT molecular complexity index is 1420. The Morgan fingerprint density at radius 1 is 1.03 bits per heavy atom. The highest BCUT2D eigenvalue weighted by atomic mass is 19.4. The zero-order valence-corrected chi connectivity index (χ0v) is 18.4. The third-order valence-corrected chi connectivity index (χ3v) is 5.75. The second kappa shape index (κ2) is 8.90. The molecule has 9 heteroatoms. The summed E-state index contributed by atoms with van der Waals surface area (Å²) in [5.41, 5.74) is 0.115. The van der Waals surface area contributed by atoms with Crippen molar-refractivity contribution in [3.8, 4) is 11.5 Å². The largest absolute Gasteiger partial charge is 0.457 e. The second-order valence-electron chi connectivity index (χ2n) is 8.46. The number of ether oxygens (including phenoxy) is 1. The molecule has 2 heterocycles. The van der Waals surface area contributed by atoms with Crippen LogP contribution in [0.4, 0.5) is 23.7 Å². The lowest BCUT2D eigenvalue weighted by molar-refractivity contribution is -0.137. The van der Waals surface area contributed by atoms with Crippen molar-refractivity contribution < 1.29 is 27.5 Å². The van der Waals surface area contributed by atoms with Gasteiger partial charge in [-0.1, -0.05) is 6.07 Å². The molecule has 0 bridgehead atoms. The summed E-state index contributed by atoms with van der Waals surface area (Å²) >= 11 is 0. The van der Waals surface area contributed by atoms with Crippen molar-refractivity contribution in [3.05, 3.63) is 84.3 Å². The second-order valence-corrected chi connectivity index (χ2v) is 8.46. The summed E-state index contributed by atoms with van der Waals surface area (Å²) in [6.07, 6.45) is 1.22. The van der Waals surface area contributed by atoms with Gasteiger partial charge >= 0.3 is 12.2 Å². The number of anilines is 1. The first-order valence-corrected chi connectivity index (χ1v) is 11.0. The maximum absolute atomic E-state index is 12.9. The van der Waals surface area contributed by atoms with Crippen LogP contribution in [0.25, 0.3) is 10.9 Å². The highest BCUT2D eigenvalue weighted by Gasteiger charge is 2.30. The third-order valence-electron chi connectivity index (χ3n) is 5.75. The van der Waals surface area contributed by atoms with E-state index >= 15 is 0 Å². The van der Waals surface area contributed by atoms with E-state index in [4.69, 9.17) is 4.74 Å². The number of alkyl halides is 3. The van der Waals surface area contributed by atoms with E-state index in [0.717, 1.165) is 25.0 Å². The van der Waals surface area contributed by atoms with Crippen LogP contribution >= 0.6 is 0 Å². The first-order chi connectivity index (χ1) is 16.8. The number of carbonyl (C=O) groups excluding carboxylic acids is 2. The zero-order valence-electron chi connectivity index (χ0n) is 18.4. The Hall–Kier alpha value is -4.14. The number of hydrogen-bond acceptors (Lipinski definition) is 4. The van der Waals surface area contributed by atoms with E-state index in [0.29, 0.717) is 40.4 Å². The number of nitrogens with one attached hydrogen (secondary N) is 1. The van der Waals surface area contributed by atoms with E-state index in [2.05, 4.69) is 10.3 Å². The Balaban J connectivity index is 1.31. The molecule has 1 fully saturated rings. The monoisotopic (exact) mass is 479 g/mol. The fourth-order valence-electron chi connectivity index (χ4n) is 3.77. The Kier molecular flexibility index (Phi) is 5.76. The predicted molar refractivity (Wildman–Crippen MR) is 124 cm³/mol. The number of benzene rings is 2. The highest BCUT2D eigenvalue weighted by molar-refractivity contribution is 5.99. The molecule has 1 N–H and O–H groups in total. The van der Waals surface area contributed by atoms with Crippen LogP contribution in [-0.4, -0.2) is 21.4 Å². The quantitative estimate of drug-likeness (QED) is 0.305. The molecule has 6 nitrogen and oxygen atoms in total. The molecular weight excluding hydrogens is 459 g/mol. The molecule has 4 aromatic rings. The number of ketones is 1. The van der Waals surface area contributed by atoms with Gasteiger partial charge in [-0.25, -0.2) is 4.79 Å². The van der Waals surface area contributed by atoms with Crippen molar-refractivity contribution in [2.24, 2.45) is 5.92 Å². The fourth-order valence-corrected chi connectivity index (χ4v) is 3.77. The zero-order chi connectivity index (χ0) is 24.6. The first-order valence-electron chi connectivity index (χ1n) is 11.0. The average molecular weight is 479 g/mol. The molecule has 1 saturated carbocycles. The van der Waals surface area contributed by atoms with Crippen LogP contribution in [0.5, 0.6) is 11.5 Å². The molecule has 2 aromatic carbocycles. The number of amides is 1. The van der Waals surface area contributed by atoms with Gasteiger partial charge in [0, 0.05) is 36.0 Å². The van der Waals surface area contributed by atoms with Crippen molar-refractivity contribution >= 4 is 28.4 Å². The number of rotatable bonds is 6. The minimum Gasteiger partial charge on any atom is -0.457 e. The molecule has 1 amide bonds. The van der Waals surface area contributed by atoms with Crippen molar-refractivity contribution in [1.29, 1.82) is 0 Å². The van der Waals surface area contributed by atoms with Gasteiger partial charge < -0.3 is 10.1 Å². The topological polar surface area (TPSA) is 73.2 Å². The minimum atomic E-state index is -4.50. The van der Waals surface area contributed by atoms with E-state index in [-0.39, 0.29) is 11.5 Å². The van der Waals surface area contributed by atoms with E-state index in [9.17, 15) is 22.8 Å². The van der Waals surface area contributed by atoms with Crippen LogP contribution in [0.2, 0.25) is 0 Å². The van der Waals surface area contributed by atoms with Crippen LogP contribution in [0.3, 0.4) is 0 Å². The summed E-state index contributed by atoms with van der Waals surface area (Å²) in [4.78, 5) is 29.2. The molecule has 0 saturated heterocycles. The third kappa shape index (κ3) is 5.18. The number of Topliss-reactive ketones (excluding diaryl/α,β-unsaturated/α-hetero) is 1. The SMILES string of the molecule is O=C(CC1CC1)c1cc(Oc2ccc3c(ccn3C(=O)Nc3cccc(C(F)(F)F)c3)c2)ccn1. The van der Waals surface area contributed by atoms with Crippen LogP contribution in [0, 0.1) is 5.92 Å².